The van der Waals surface area contributed by atoms with Crippen molar-refractivity contribution in [1.82, 2.24) is 10.2 Å². The van der Waals surface area contributed by atoms with Gasteiger partial charge < -0.3 is 15.0 Å². The van der Waals surface area contributed by atoms with E-state index in [9.17, 15) is 9.59 Å². The number of hydrogen-bond acceptors (Lipinski definition) is 3. The van der Waals surface area contributed by atoms with Gasteiger partial charge in [0.15, 0.2) is 0 Å². The summed E-state index contributed by atoms with van der Waals surface area (Å²) in [4.78, 5) is 25.2. The van der Waals surface area contributed by atoms with E-state index < -0.39 is 0 Å². The first kappa shape index (κ1) is 14.3. The van der Waals surface area contributed by atoms with Crippen LogP contribution in [-0.4, -0.2) is 48.6 Å². The minimum absolute atomic E-state index is 0.00132. The number of amides is 2. The van der Waals surface area contributed by atoms with Gasteiger partial charge in [0, 0.05) is 26.1 Å². The Kier molecular flexibility index (Phi) is 4.80. The van der Waals surface area contributed by atoms with E-state index in [1.165, 1.54) is 0 Å². The summed E-state index contributed by atoms with van der Waals surface area (Å²) in [6.45, 7) is 6.46. The molecule has 5 heteroatoms. The molecule has 0 spiro atoms. The molecule has 2 aliphatic rings. The normalized spacial score (nSPS) is 24.9. The largest absolute Gasteiger partial charge is 0.379 e. The van der Waals surface area contributed by atoms with Crippen molar-refractivity contribution in [3.8, 4) is 0 Å². The van der Waals surface area contributed by atoms with E-state index in [1.54, 1.807) is 0 Å². The van der Waals surface area contributed by atoms with Crippen molar-refractivity contribution in [2.24, 2.45) is 5.92 Å². The number of piperidine rings is 1. The zero-order chi connectivity index (χ0) is 13.8. The Morgan fingerprint density at radius 2 is 2.05 bits per heavy atom. The fraction of sp³-hybridized carbons (Fsp3) is 0.857. The van der Waals surface area contributed by atoms with E-state index in [0.29, 0.717) is 18.8 Å². The molecule has 2 amide bonds. The molecule has 0 aromatic carbocycles. The van der Waals surface area contributed by atoms with E-state index >= 15 is 0 Å². The van der Waals surface area contributed by atoms with Crippen molar-refractivity contribution < 1.29 is 14.3 Å². The molecule has 1 atom stereocenters. The lowest BCUT2D eigenvalue weighted by Gasteiger charge is -2.33. The minimum Gasteiger partial charge on any atom is -0.379 e. The molecule has 1 N–H and O–H groups in total. The lowest BCUT2D eigenvalue weighted by atomic mass is 9.97. The van der Waals surface area contributed by atoms with Crippen LogP contribution in [0.2, 0.25) is 0 Å². The zero-order valence-corrected chi connectivity index (χ0v) is 11.9. The molecule has 0 aromatic rings. The Bertz CT molecular complexity index is 336. The third-order valence-electron chi connectivity index (χ3n) is 3.88. The number of nitrogens with zero attached hydrogens (tertiary/aromatic N) is 1. The Morgan fingerprint density at radius 3 is 2.58 bits per heavy atom. The Hall–Kier alpha value is -1.10. The standard InChI is InChI=1S/C14H24N2O3/c1-10(2)19-9-11-5-7-16(8-6-11)14(18)12-3-4-13(17)15-12/h10-12H,3-9H2,1-2H3,(H,15,17)/t12-/m1/s1. The lowest BCUT2D eigenvalue weighted by molar-refractivity contribution is -0.136. The Morgan fingerprint density at radius 1 is 1.37 bits per heavy atom. The Labute approximate surface area is 114 Å². The number of carbonyl (C=O) groups excluding carboxylic acids is 2. The molecule has 0 saturated carbocycles. The van der Waals surface area contributed by atoms with Crippen LogP contribution in [0.4, 0.5) is 0 Å². The summed E-state index contributed by atoms with van der Waals surface area (Å²) >= 11 is 0. The van der Waals surface area contributed by atoms with E-state index in [4.69, 9.17) is 4.74 Å². The van der Waals surface area contributed by atoms with Crippen LogP contribution in [0, 0.1) is 5.92 Å². The molecule has 0 aliphatic carbocycles. The summed E-state index contributed by atoms with van der Waals surface area (Å²) in [6.07, 6.45) is 3.40. The predicted molar refractivity (Wildman–Crippen MR) is 71.6 cm³/mol. The predicted octanol–water partition coefficient (Wildman–Crippen LogP) is 0.929. The van der Waals surface area contributed by atoms with E-state index in [0.717, 1.165) is 32.5 Å². The van der Waals surface area contributed by atoms with Gasteiger partial charge in [-0.05, 0) is 39.0 Å². The number of likely N-dealkylation sites (tertiary alicyclic amines) is 1. The summed E-state index contributed by atoms with van der Waals surface area (Å²) in [5, 5.41) is 2.75. The molecule has 2 saturated heterocycles. The molecule has 0 aromatic heterocycles. The van der Waals surface area contributed by atoms with Crippen LogP contribution in [-0.2, 0) is 14.3 Å². The maximum Gasteiger partial charge on any atom is 0.245 e. The highest BCUT2D eigenvalue weighted by molar-refractivity contribution is 5.90. The lowest BCUT2D eigenvalue weighted by Crippen LogP contribution is -2.48. The van der Waals surface area contributed by atoms with Crippen LogP contribution in [0.5, 0.6) is 0 Å². The van der Waals surface area contributed by atoms with Crippen molar-refractivity contribution in [3.05, 3.63) is 0 Å². The highest BCUT2D eigenvalue weighted by atomic mass is 16.5. The summed E-state index contributed by atoms with van der Waals surface area (Å²) in [6, 6.07) is -0.282. The fourth-order valence-corrected chi connectivity index (χ4v) is 2.67. The molecular formula is C14H24N2O3. The topological polar surface area (TPSA) is 58.6 Å². The van der Waals surface area contributed by atoms with Crippen molar-refractivity contribution in [2.75, 3.05) is 19.7 Å². The van der Waals surface area contributed by atoms with Gasteiger partial charge in [-0.15, -0.1) is 0 Å². The highest BCUT2D eigenvalue weighted by Gasteiger charge is 2.32. The SMILES string of the molecule is CC(C)OCC1CCN(C(=O)[C@H]2CCC(=O)N2)CC1. The second-order valence-corrected chi connectivity index (χ2v) is 5.81. The molecule has 108 valence electrons. The van der Waals surface area contributed by atoms with Crippen LogP contribution in [0.15, 0.2) is 0 Å². The number of ether oxygens (including phenoxy) is 1. The van der Waals surface area contributed by atoms with Gasteiger partial charge in [0.1, 0.15) is 6.04 Å². The molecule has 0 bridgehead atoms. The molecular weight excluding hydrogens is 244 g/mol. The first-order valence-electron chi connectivity index (χ1n) is 7.26. The van der Waals surface area contributed by atoms with Crippen LogP contribution >= 0.6 is 0 Å². The fourth-order valence-electron chi connectivity index (χ4n) is 2.67. The first-order chi connectivity index (χ1) is 9.06. The molecule has 0 radical (unpaired) electrons. The van der Waals surface area contributed by atoms with Gasteiger partial charge in [0.2, 0.25) is 11.8 Å². The third kappa shape index (κ3) is 3.93. The number of nitrogens with one attached hydrogen (secondary N) is 1. The van der Waals surface area contributed by atoms with Crippen molar-refractivity contribution in [1.29, 1.82) is 0 Å². The Balaban J connectivity index is 1.73. The van der Waals surface area contributed by atoms with Crippen LogP contribution in [0.1, 0.15) is 39.5 Å². The molecule has 2 rings (SSSR count). The minimum atomic E-state index is -0.282. The van der Waals surface area contributed by atoms with Gasteiger partial charge in [-0.25, -0.2) is 0 Å². The van der Waals surface area contributed by atoms with E-state index in [-0.39, 0.29) is 24.0 Å². The molecule has 0 unspecified atom stereocenters. The van der Waals surface area contributed by atoms with Crippen LogP contribution < -0.4 is 5.32 Å². The number of carbonyl (C=O) groups is 2. The summed E-state index contributed by atoms with van der Waals surface area (Å²) in [5.41, 5.74) is 0. The summed E-state index contributed by atoms with van der Waals surface area (Å²) < 4.78 is 5.63. The van der Waals surface area contributed by atoms with Crippen molar-refractivity contribution in [3.63, 3.8) is 0 Å². The van der Waals surface area contributed by atoms with Gasteiger partial charge in [0.05, 0.1) is 6.10 Å². The summed E-state index contributed by atoms with van der Waals surface area (Å²) in [7, 11) is 0. The monoisotopic (exact) mass is 268 g/mol. The molecule has 2 fully saturated rings. The quantitative estimate of drug-likeness (QED) is 0.825. The maximum atomic E-state index is 12.2. The molecule has 19 heavy (non-hydrogen) atoms. The second kappa shape index (κ2) is 6.37. The van der Waals surface area contributed by atoms with Crippen LogP contribution in [0.25, 0.3) is 0 Å². The number of rotatable bonds is 4. The van der Waals surface area contributed by atoms with Crippen molar-refractivity contribution >= 4 is 11.8 Å². The van der Waals surface area contributed by atoms with Gasteiger partial charge in [-0.2, -0.15) is 0 Å². The van der Waals surface area contributed by atoms with Gasteiger partial charge in [0.25, 0.3) is 0 Å². The van der Waals surface area contributed by atoms with E-state index in [2.05, 4.69) is 5.32 Å². The second-order valence-electron chi connectivity index (χ2n) is 5.81. The van der Waals surface area contributed by atoms with E-state index in [1.807, 2.05) is 18.7 Å². The average Bonchev–Trinajstić information content (AvgIpc) is 2.83. The zero-order valence-electron chi connectivity index (χ0n) is 11.9. The van der Waals surface area contributed by atoms with Crippen LogP contribution in [0.3, 0.4) is 0 Å². The highest BCUT2D eigenvalue weighted by Crippen LogP contribution is 2.20. The molecule has 5 nitrogen and oxygen atoms in total. The van der Waals surface area contributed by atoms with Gasteiger partial charge in [-0.3, -0.25) is 9.59 Å². The third-order valence-corrected chi connectivity index (χ3v) is 3.88. The smallest absolute Gasteiger partial charge is 0.245 e. The van der Waals surface area contributed by atoms with Crippen molar-refractivity contribution in [2.45, 2.75) is 51.7 Å². The molecule has 2 aliphatic heterocycles. The van der Waals surface area contributed by atoms with Gasteiger partial charge in [-0.1, -0.05) is 0 Å². The number of hydrogen-bond donors (Lipinski definition) is 1. The average molecular weight is 268 g/mol. The first-order valence-corrected chi connectivity index (χ1v) is 7.26. The summed E-state index contributed by atoms with van der Waals surface area (Å²) in [5.74, 6) is 0.650. The maximum absolute atomic E-state index is 12.2. The molecule has 2 heterocycles. The van der Waals surface area contributed by atoms with Gasteiger partial charge >= 0.3 is 0 Å².